The first-order valence-corrected chi connectivity index (χ1v) is 8.43. The van der Waals surface area contributed by atoms with Crippen LogP contribution in [0, 0.1) is 5.92 Å². The van der Waals surface area contributed by atoms with Crippen molar-refractivity contribution in [2.45, 2.75) is 24.8 Å². The second-order valence-corrected chi connectivity index (χ2v) is 7.26. The Hall–Kier alpha value is -0.650. The number of nitrogens with zero attached hydrogens (tertiary/aromatic N) is 1. The van der Waals surface area contributed by atoms with E-state index in [0.29, 0.717) is 5.92 Å². The summed E-state index contributed by atoms with van der Waals surface area (Å²) in [5.74, 6) is 1.66. The summed E-state index contributed by atoms with van der Waals surface area (Å²) in [5.41, 5.74) is 0. The molecule has 0 saturated carbocycles. The van der Waals surface area contributed by atoms with E-state index in [9.17, 15) is 5.11 Å². The molecule has 102 valence electrons. The van der Waals surface area contributed by atoms with Crippen LogP contribution in [0.15, 0.2) is 46.5 Å². The number of thiocarbonyl (C=S) groups is 1. The fraction of sp³-hybridized carbons (Fsp3) is 0.357. The number of aliphatic hydroxyl groups excluding tert-OH is 1. The second-order valence-electron chi connectivity index (χ2n) is 4.67. The Morgan fingerprint density at radius 1 is 1.47 bits per heavy atom. The first-order valence-electron chi connectivity index (χ1n) is 6.16. The highest BCUT2D eigenvalue weighted by Crippen LogP contribution is 2.32. The summed E-state index contributed by atoms with van der Waals surface area (Å²) in [4.78, 5) is 2.98. The van der Waals surface area contributed by atoms with E-state index in [1.807, 2.05) is 35.2 Å². The molecular formula is C14H17NOS3. The van der Waals surface area contributed by atoms with Gasteiger partial charge in [-0.2, -0.15) is 0 Å². The Bertz CT molecular complexity index is 473. The lowest BCUT2D eigenvalue weighted by atomic mass is 10.1. The van der Waals surface area contributed by atoms with E-state index in [-0.39, 0.29) is 11.9 Å². The van der Waals surface area contributed by atoms with Crippen molar-refractivity contribution in [3.8, 4) is 0 Å². The Kier molecular flexibility index (Phi) is 5.19. The predicted octanol–water partition coefficient (Wildman–Crippen LogP) is 4.49. The Morgan fingerprint density at radius 3 is 2.79 bits per heavy atom. The molecule has 0 aliphatic carbocycles. The smallest absolute Gasteiger partial charge is 0.199 e. The molecule has 2 nitrogen and oxygen atoms in total. The van der Waals surface area contributed by atoms with Crippen molar-refractivity contribution >= 4 is 40.1 Å². The molecule has 1 aliphatic rings. The highest BCUT2D eigenvalue weighted by Gasteiger charge is 2.33. The van der Waals surface area contributed by atoms with Gasteiger partial charge in [0.25, 0.3) is 0 Å². The summed E-state index contributed by atoms with van der Waals surface area (Å²) >= 11 is 8.47. The van der Waals surface area contributed by atoms with Crippen molar-refractivity contribution in [2.75, 3.05) is 5.75 Å². The number of benzene rings is 1. The van der Waals surface area contributed by atoms with Crippen molar-refractivity contribution in [2.24, 2.45) is 5.92 Å². The average molecular weight is 311 g/mol. The van der Waals surface area contributed by atoms with Gasteiger partial charge in [0.2, 0.25) is 0 Å². The molecule has 1 N–H and O–H groups in total. The minimum absolute atomic E-state index is 0.252. The van der Waals surface area contributed by atoms with Gasteiger partial charge in [0.15, 0.2) is 5.88 Å². The van der Waals surface area contributed by atoms with Gasteiger partial charge in [0.05, 0.1) is 6.04 Å². The SMILES string of the molecule is CC(C)[C@H]1CSC(=S)N1/C(O)=C/Sc1ccccc1. The lowest BCUT2D eigenvalue weighted by molar-refractivity contribution is 0.221. The largest absolute Gasteiger partial charge is 0.494 e. The van der Waals surface area contributed by atoms with E-state index >= 15 is 0 Å². The van der Waals surface area contributed by atoms with Gasteiger partial charge in [-0.1, -0.05) is 67.8 Å². The molecule has 0 amide bonds. The first kappa shape index (κ1) is 14.8. The minimum atomic E-state index is 0.252. The van der Waals surface area contributed by atoms with Crippen LogP contribution in [0.4, 0.5) is 0 Å². The summed E-state index contributed by atoms with van der Waals surface area (Å²) < 4.78 is 0.765. The van der Waals surface area contributed by atoms with E-state index < -0.39 is 0 Å². The third-order valence-corrected chi connectivity index (χ3v) is 5.34. The van der Waals surface area contributed by atoms with Crippen LogP contribution in [0.1, 0.15) is 13.8 Å². The van der Waals surface area contributed by atoms with Crippen molar-refractivity contribution in [3.05, 3.63) is 41.6 Å². The normalized spacial score (nSPS) is 20.4. The van der Waals surface area contributed by atoms with Crippen LogP contribution < -0.4 is 0 Å². The van der Waals surface area contributed by atoms with Crippen LogP contribution in [-0.2, 0) is 0 Å². The molecular weight excluding hydrogens is 294 g/mol. The number of rotatable bonds is 4. The van der Waals surface area contributed by atoms with Crippen molar-refractivity contribution in [1.82, 2.24) is 4.90 Å². The predicted molar refractivity (Wildman–Crippen MR) is 88.5 cm³/mol. The molecule has 0 spiro atoms. The third kappa shape index (κ3) is 3.68. The van der Waals surface area contributed by atoms with Crippen LogP contribution >= 0.6 is 35.7 Å². The average Bonchev–Trinajstić information content (AvgIpc) is 2.79. The van der Waals surface area contributed by atoms with Crippen molar-refractivity contribution in [3.63, 3.8) is 0 Å². The molecule has 5 heteroatoms. The first-order chi connectivity index (χ1) is 9.09. The van der Waals surface area contributed by atoms with E-state index in [2.05, 4.69) is 13.8 Å². The zero-order valence-corrected chi connectivity index (χ0v) is 13.4. The fourth-order valence-electron chi connectivity index (χ4n) is 1.87. The molecule has 1 atom stereocenters. The highest BCUT2D eigenvalue weighted by molar-refractivity contribution is 8.23. The summed E-state index contributed by atoms with van der Waals surface area (Å²) in [6, 6.07) is 10.3. The van der Waals surface area contributed by atoms with Gasteiger partial charge in [-0.05, 0) is 18.1 Å². The van der Waals surface area contributed by atoms with Crippen LogP contribution in [0.2, 0.25) is 0 Å². The van der Waals surface area contributed by atoms with E-state index in [4.69, 9.17) is 12.2 Å². The van der Waals surface area contributed by atoms with E-state index in [0.717, 1.165) is 15.0 Å². The fourth-order valence-corrected chi connectivity index (χ4v) is 4.18. The maximum Gasteiger partial charge on any atom is 0.199 e. The van der Waals surface area contributed by atoms with Gasteiger partial charge in [-0.25, -0.2) is 0 Å². The van der Waals surface area contributed by atoms with Gasteiger partial charge in [-0.15, -0.1) is 0 Å². The number of aliphatic hydroxyl groups is 1. The quantitative estimate of drug-likeness (QED) is 0.501. The molecule has 2 rings (SSSR count). The number of thioether (sulfide) groups is 2. The molecule has 0 unspecified atom stereocenters. The highest BCUT2D eigenvalue weighted by atomic mass is 32.2. The lowest BCUT2D eigenvalue weighted by Gasteiger charge is -2.27. The molecule has 1 fully saturated rings. The Labute approximate surface area is 128 Å². The summed E-state index contributed by atoms with van der Waals surface area (Å²) in [5, 5.41) is 12.0. The molecule has 19 heavy (non-hydrogen) atoms. The molecule has 1 heterocycles. The van der Waals surface area contributed by atoms with Crippen LogP contribution in [0.3, 0.4) is 0 Å². The Morgan fingerprint density at radius 2 is 2.16 bits per heavy atom. The topological polar surface area (TPSA) is 23.5 Å². The maximum atomic E-state index is 10.3. The van der Waals surface area contributed by atoms with Crippen LogP contribution in [0.5, 0.6) is 0 Å². The lowest BCUT2D eigenvalue weighted by Crippen LogP contribution is -2.36. The second kappa shape index (κ2) is 6.68. The standard InChI is InChI=1S/C14H17NOS3/c1-10(2)12-8-19-14(17)15(12)13(16)9-18-11-6-4-3-5-7-11/h3-7,9-10,12,16H,8H2,1-2H3/b13-9-/t12-/m1/s1. The third-order valence-electron chi connectivity index (χ3n) is 2.97. The Balaban J connectivity index is 2.09. The summed E-state index contributed by atoms with van der Waals surface area (Å²) in [6.45, 7) is 4.31. The van der Waals surface area contributed by atoms with Gasteiger partial charge >= 0.3 is 0 Å². The molecule has 1 saturated heterocycles. The van der Waals surface area contributed by atoms with Crippen molar-refractivity contribution in [1.29, 1.82) is 0 Å². The van der Waals surface area contributed by atoms with E-state index in [1.165, 1.54) is 11.8 Å². The van der Waals surface area contributed by atoms with Crippen LogP contribution in [0.25, 0.3) is 0 Å². The zero-order chi connectivity index (χ0) is 13.8. The molecule has 1 aliphatic heterocycles. The van der Waals surface area contributed by atoms with Crippen LogP contribution in [-0.4, -0.2) is 26.1 Å². The monoisotopic (exact) mass is 311 g/mol. The molecule has 1 aromatic carbocycles. The molecule has 1 aromatic rings. The minimum Gasteiger partial charge on any atom is -0.494 e. The van der Waals surface area contributed by atoms with Gasteiger partial charge in [0, 0.05) is 16.1 Å². The maximum absolute atomic E-state index is 10.3. The molecule has 0 radical (unpaired) electrons. The summed E-state index contributed by atoms with van der Waals surface area (Å²) in [6.07, 6.45) is 0. The zero-order valence-electron chi connectivity index (χ0n) is 10.9. The number of hydrogen-bond donors (Lipinski definition) is 1. The van der Waals surface area contributed by atoms with Gasteiger partial charge < -0.3 is 5.11 Å². The molecule has 0 bridgehead atoms. The van der Waals surface area contributed by atoms with Gasteiger partial charge in [-0.3, -0.25) is 4.90 Å². The van der Waals surface area contributed by atoms with Gasteiger partial charge in [0.1, 0.15) is 4.32 Å². The van der Waals surface area contributed by atoms with E-state index in [1.54, 1.807) is 17.2 Å². The van der Waals surface area contributed by atoms with Crippen molar-refractivity contribution < 1.29 is 5.11 Å². The molecule has 0 aromatic heterocycles. The number of hydrogen-bond acceptors (Lipinski definition) is 4. The summed E-state index contributed by atoms with van der Waals surface area (Å²) in [7, 11) is 0.